The molecule has 0 aliphatic carbocycles. The molecule has 0 bridgehead atoms. The molecule has 0 aliphatic heterocycles. The van der Waals surface area contributed by atoms with Gasteiger partial charge in [0.05, 0.1) is 0 Å². The van der Waals surface area contributed by atoms with Crippen molar-refractivity contribution < 1.29 is 14.6 Å². The summed E-state index contributed by atoms with van der Waals surface area (Å²) in [6.07, 6.45) is 0. The quantitative estimate of drug-likeness (QED) is 0.863. The Morgan fingerprint density at radius 1 is 1.21 bits per heavy atom. The summed E-state index contributed by atoms with van der Waals surface area (Å²) in [5, 5.41) is 11.4. The Kier molecular flexibility index (Phi) is 4.03. The van der Waals surface area contributed by atoms with Gasteiger partial charge in [-0.05, 0) is 30.7 Å². The fourth-order valence-electron chi connectivity index (χ4n) is 1.65. The van der Waals surface area contributed by atoms with Crippen LogP contribution < -0.4 is 10.1 Å². The zero-order valence-corrected chi connectivity index (χ0v) is 10.6. The van der Waals surface area contributed by atoms with E-state index in [-0.39, 0.29) is 6.54 Å². The summed E-state index contributed by atoms with van der Waals surface area (Å²) in [4.78, 5) is 10.5. The van der Waals surface area contributed by atoms with Crippen LogP contribution in [0.2, 0.25) is 0 Å². The molecule has 0 saturated heterocycles. The molecule has 4 nitrogen and oxygen atoms in total. The molecule has 0 amide bonds. The molecule has 0 saturated carbocycles. The molecule has 2 aromatic carbocycles. The number of nitrogens with one attached hydrogen (secondary N) is 1. The summed E-state index contributed by atoms with van der Waals surface area (Å²) in [7, 11) is 0. The van der Waals surface area contributed by atoms with Crippen LogP contribution in [0.1, 0.15) is 5.56 Å². The molecule has 98 valence electrons. The Bertz CT molecular complexity index is 581. The third-order valence-electron chi connectivity index (χ3n) is 2.60. The highest BCUT2D eigenvalue weighted by molar-refractivity contribution is 5.72. The van der Waals surface area contributed by atoms with Crippen molar-refractivity contribution in [2.45, 2.75) is 6.92 Å². The van der Waals surface area contributed by atoms with Gasteiger partial charge in [-0.15, -0.1) is 0 Å². The highest BCUT2D eigenvalue weighted by atomic mass is 16.5. The maximum Gasteiger partial charge on any atom is 0.322 e. The van der Waals surface area contributed by atoms with Crippen molar-refractivity contribution in [2.24, 2.45) is 0 Å². The van der Waals surface area contributed by atoms with Gasteiger partial charge in [0.1, 0.15) is 18.0 Å². The normalized spacial score (nSPS) is 9.95. The number of carboxylic acids is 1. The standard InChI is InChI=1S/C15H15NO3/c1-11-5-2-3-8-14(11)19-13-7-4-6-12(9-13)16-10-15(17)18/h2-9,16H,10H2,1H3,(H,17,18). The minimum atomic E-state index is -0.898. The number of ether oxygens (including phenoxy) is 1. The second-order valence-electron chi connectivity index (χ2n) is 4.14. The third kappa shape index (κ3) is 3.74. The maximum absolute atomic E-state index is 10.5. The lowest BCUT2D eigenvalue weighted by molar-refractivity contribution is -0.134. The minimum absolute atomic E-state index is 0.117. The molecule has 0 spiro atoms. The molecule has 0 radical (unpaired) electrons. The van der Waals surface area contributed by atoms with Crippen molar-refractivity contribution in [3.05, 3.63) is 54.1 Å². The van der Waals surface area contributed by atoms with Crippen molar-refractivity contribution in [1.82, 2.24) is 0 Å². The SMILES string of the molecule is Cc1ccccc1Oc1cccc(NCC(=O)O)c1. The van der Waals surface area contributed by atoms with E-state index in [1.54, 1.807) is 12.1 Å². The first-order valence-electron chi connectivity index (χ1n) is 5.94. The van der Waals surface area contributed by atoms with E-state index in [4.69, 9.17) is 9.84 Å². The van der Waals surface area contributed by atoms with Crippen molar-refractivity contribution in [3.8, 4) is 11.5 Å². The Balaban J connectivity index is 2.11. The van der Waals surface area contributed by atoms with Gasteiger partial charge in [-0.1, -0.05) is 24.3 Å². The number of para-hydroxylation sites is 1. The first kappa shape index (κ1) is 13.0. The van der Waals surface area contributed by atoms with E-state index >= 15 is 0 Å². The van der Waals surface area contributed by atoms with E-state index in [1.807, 2.05) is 43.3 Å². The van der Waals surface area contributed by atoms with Crippen LogP contribution in [0.15, 0.2) is 48.5 Å². The molecule has 0 unspecified atom stereocenters. The van der Waals surface area contributed by atoms with E-state index < -0.39 is 5.97 Å². The molecule has 0 fully saturated rings. The molecule has 2 rings (SSSR count). The number of carboxylic acid groups (broad SMARTS) is 1. The number of rotatable bonds is 5. The van der Waals surface area contributed by atoms with E-state index in [2.05, 4.69) is 5.32 Å². The average molecular weight is 257 g/mol. The summed E-state index contributed by atoms with van der Waals surface area (Å²) in [5.74, 6) is 0.563. The minimum Gasteiger partial charge on any atom is -0.480 e. The van der Waals surface area contributed by atoms with Crippen LogP contribution in [0.4, 0.5) is 5.69 Å². The molecule has 0 aliphatic rings. The van der Waals surface area contributed by atoms with Gasteiger partial charge < -0.3 is 15.2 Å². The van der Waals surface area contributed by atoms with Crippen LogP contribution in [0.25, 0.3) is 0 Å². The van der Waals surface area contributed by atoms with Crippen LogP contribution in [0, 0.1) is 6.92 Å². The molecule has 0 aromatic heterocycles. The van der Waals surface area contributed by atoms with E-state index in [1.165, 1.54) is 0 Å². The molecule has 4 heteroatoms. The molecule has 0 atom stereocenters. The first-order chi connectivity index (χ1) is 9.15. The number of hydrogen-bond acceptors (Lipinski definition) is 3. The van der Waals surface area contributed by atoms with Crippen LogP contribution in [0.5, 0.6) is 11.5 Å². The second kappa shape index (κ2) is 5.91. The van der Waals surface area contributed by atoms with E-state index in [0.29, 0.717) is 11.4 Å². The topological polar surface area (TPSA) is 58.6 Å². The molecular formula is C15H15NO3. The lowest BCUT2D eigenvalue weighted by Gasteiger charge is -2.10. The Hall–Kier alpha value is -2.49. The second-order valence-corrected chi connectivity index (χ2v) is 4.14. The fourth-order valence-corrected chi connectivity index (χ4v) is 1.65. The number of hydrogen-bond donors (Lipinski definition) is 2. The first-order valence-corrected chi connectivity index (χ1v) is 5.94. The smallest absolute Gasteiger partial charge is 0.322 e. The van der Waals surface area contributed by atoms with Gasteiger partial charge in [0.15, 0.2) is 0 Å². The Morgan fingerprint density at radius 3 is 2.74 bits per heavy atom. The Morgan fingerprint density at radius 2 is 2.00 bits per heavy atom. The maximum atomic E-state index is 10.5. The summed E-state index contributed by atoms with van der Waals surface area (Å²) >= 11 is 0. The lowest BCUT2D eigenvalue weighted by Crippen LogP contribution is -2.12. The molecule has 2 N–H and O–H groups in total. The van der Waals surface area contributed by atoms with Gasteiger partial charge in [-0.3, -0.25) is 4.79 Å². The number of anilines is 1. The van der Waals surface area contributed by atoms with Gasteiger partial charge >= 0.3 is 5.97 Å². The summed E-state index contributed by atoms with van der Waals surface area (Å²) in [6, 6.07) is 15.0. The molecular weight excluding hydrogens is 242 g/mol. The predicted octanol–water partition coefficient (Wildman–Crippen LogP) is 3.28. The van der Waals surface area contributed by atoms with Crippen molar-refractivity contribution in [1.29, 1.82) is 0 Å². The van der Waals surface area contributed by atoms with E-state index in [9.17, 15) is 4.79 Å². The monoisotopic (exact) mass is 257 g/mol. The fraction of sp³-hybridized carbons (Fsp3) is 0.133. The number of aryl methyl sites for hydroxylation is 1. The zero-order chi connectivity index (χ0) is 13.7. The van der Waals surface area contributed by atoms with Crippen LogP contribution in [-0.4, -0.2) is 17.6 Å². The van der Waals surface area contributed by atoms with Gasteiger partial charge in [0.25, 0.3) is 0 Å². The van der Waals surface area contributed by atoms with Crippen molar-refractivity contribution in [2.75, 3.05) is 11.9 Å². The third-order valence-corrected chi connectivity index (χ3v) is 2.60. The van der Waals surface area contributed by atoms with Crippen LogP contribution >= 0.6 is 0 Å². The predicted molar refractivity (Wildman–Crippen MR) is 73.8 cm³/mol. The molecule has 2 aromatic rings. The van der Waals surface area contributed by atoms with Gasteiger partial charge in [0, 0.05) is 11.8 Å². The highest BCUT2D eigenvalue weighted by Gasteiger charge is 2.02. The lowest BCUT2D eigenvalue weighted by atomic mass is 10.2. The Labute approximate surface area is 111 Å². The molecule has 19 heavy (non-hydrogen) atoms. The van der Waals surface area contributed by atoms with Crippen LogP contribution in [0.3, 0.4) is 0 Å². The number of carbonyl (C=O) groups is 1. The van der Waals surface area contributed by atoms with Crippen molar-refractivity contribution >= 4 is 11.7 Å². The number of aliphatic carboxylic acids is 1. The molecule has 0 heterocycles. The summed E-state index contributed by atoms with van der Waals surface area (Å²) in [6.45, 7) is 1.86. The average Bonchev–Trinajstić information content (AvgIpc) is 2.40. The van der Waals surface area contributed by atoms with Gasteiger partial charge in [0.2, 0.25) is 0 Å². The highest BCUT2D eigenvalue weighted by Crippen LogP contribution is 2.26. The van der Waals surface area contributed by atoms with Crippen molar-refractivity contribution in [3.63, 3.8) is 0 Å². The van der Waals surface area contributed by atoms with Gasteiger partial charge in [-0.25, -0.2) is 0 Å². The summed E-state index contributed by atoms with van der Waals surface area (Å²) in [5.41, 5.74) is 1.76. The van der Waals surface area contributed by atoms with Crippen LogP contribution in [-0.2, 0) is 4.79 Å². The van der Waals surface area contributed by atoms with Gasteiger partial charge in [-0.2, -0.15) is 0 Å². The largest absolute Gasteiger partial charge is 0.480 e. The van der Waals surface area contributed by atoms with E-state index in [0.717, 1.165) is 11.3 Å². The number of benzene rings is 2. The summed E-state index contributed by atoms with van der Waals surface area (Å²) < 4.78 is 5.77. The zero-order valence-electron chi connectivity index (χ0n) is 10.6.